The molecule has 1 fully saturated rings. The van der Waals surface area contributed by atoms with Crippen molar-refractivity contribution in [1.82, 2.24) is 9.78 Å². The highest BCUT2D eigenvalue weighted by Crippen LogP contribution is 2.43. The van der Waals surface area contributed by atoms with Gasteiger partial charge in [-0.25, -0.2) is 0 Å². The average Bonchev–Trinajstić information content (AvgIpc) is 3.10. The van der Waals surface area contributed by atoms with E-state index in [9.17, 15) is 0 Å². The molecule has 0 atom stereocenters. The Morgan fingerprint density at radius 1 is 1.25 bits per heavy atom. The molecule has 1 saturated carbocycles. The van der Waals surface area contributed by atoms with Crippen molar-refractivity contribution < 1.29 is 0 Å². The van der Waals surface area contributed by atoms with Gasteiger partial charge in [-0.05, 0) is 25.3 Å². The molecule has 1 aliphatic carbocycles. The molecule has 0 bridgehead atoms. The Labute approximate surface area is 95.9 Å². The molecule has 1 heterocycles. The Bertz CT molecular complexity index is 481. The molecule has 0 spiro atoms. The van der Waals surface area contributed by atoms with E-state index in [1.807, 2.05) is 0 Å². The van der Waals surface area contributed by atoms with E-state index in [-0.39, 0.29) is 0 Å². The van der Waals surface area contributed by atoms with Crippen molar-refractivity contribution in [3.8, 4) is 11.1 Å². The lowest BCUT2D eigenvalue weighted by atomic mass is 10.0. The first-order valence-electron chi connectivity index (χ1n) is 6.01. The molecule has 1 aromatic carbocycles. The number of aromatic nitrogens is 2. The summed E-state index contributed by atoms with van der Waals surface area (Å²) in [6.07, 6.45) is 4.80. The maximum Gasteiger partial charge on any atom is 0.0733 e. The number of nitrogens with zero attached hydrogens (tertiary/aromatic N) is 2. The van der Waals surface area contributed by atoms with Crippen molar-refractivity contribution in [3.05, 3.63) is 42.2 Å². The van der Waals surface area contributed by atoms with Gasteiger partial charge in [-0.3, -0.25) is 4.68 Å². The van der Waals surface area contributed by atoms with Crippen LogP contribution in [-0.2, 0) is 6.54 Å². The summed E-state index contributed by atoms with van der Waals surface area (Å²) in [5.74, 6) is 0.711. The number of hydrogen-bond acceptors (Lipinski definition) is 1. The van der Waals surface area contributed by atoms with Crippen molar-refractivity contribution in [3.63, 3.8) is 0 Å². The van der Waals surface area contributed by atoms with Gasteiger partial charge in [-0.2, -0.15) is 5.10 Å². The lowest BCUT2D eigenvalue weighted by molar-refractivity contribution is 0.647. The number of hydrogen-bond donors (Lipinski definition) is 0. The van der Waals surface area contributed by atoms with Gasteiger partial charge < -0.3 is 0 Å². The van der Waals surface area contributed by atoms with Crippen molar-refractivity contribution >= 4 is 0 Å². The van der Waals surface area contributed by atoms with Crippen molar-refractivity contribution in [2.75, 3.05) is 0 Å². The second kappa shape index (κ2) is 3.78. The summed E-state index contributed by atoms with van der Waals surface area (Å²) in [6, 6.07) is 10.6. The predicted octanol–water partition coefficient (Wildman–Crippen LogP) is 3.45. The third-order valence-electron chi connectivity index (χ3n) is 3.16. The van der Waals surface area contributed by atoms with Crippen LogP contribution in [0.4, 0.5) is 0 Å². The van der Waals surface area contributed by atoms with Crippen molar-refractivity contribution in [2.24, 2.45) is 0 Å². The van der Waals surface area contributed by atoms with Crippen molar-refractivity contribution in [2.45, 2.75) is 32.2 Å². The molecule has 1 aromatic heterocycles. The van der Waals surface area contributed by atoms with Crippen LogP contribution in [0.1, 0.15) is 31.4 Å². The molecule has 0 N–H and O–H groups in total. The summed E-state index contributed by atoms with van der Waals surface area (Å²) < 4.78 is 2.05. The summed E-state index contributed by atoms with van der Waals surface area (Å²) in [7, 11) is 0. The fourth-order valence-electron chi connectivity index (χ4n) is 2.10. The molecule has 3 rings (SSSR count). The Hall–Kier alpha value is -1.57. The third kappa shape index (κ3) is 1.64. The van der Waals surface area contributed by atoms with Gasteiger partial charge >= 0.3 is 0 Å². The van der Waals surface area contributed by atoms with Crippen LogP contribution in [0.3, 0.4) is 0 Å². The highest BCUT2D eigenvalue weighted by Gasteiger charge is 2.29. The number of rotatable bonds is 3. The third-order valence-corrected chi connectivity index (χ3v) is 3.16. The highest BCUT2D eigenvalue weighted by atomic mass is 15.3. The van der Waals surface area contributed by atoms with E-state index < -0.39 is 0 Å². The topological polar surface area (TPSA) is 17.8 Å². The standard InChI is InChI=1S/C14H16N2/c1-2-16-10-13(11-6-4-3-5-7-11)14(15-16)12-8-9-12/h3-7,10,12H,2,8-9H2,1H3. The van der Waals surface area contributed by atoms with Gasteiger partial charge in [0.2, 0.25) is 0 Å². The second-order valence-electron chi connectivity index (χ2n) is 4.42. The van der Waals surface area contributed by atoms with Gasteiger partial charge in [0.15, 0.2) is 0 Å². The Morgan fingerprint density at radius 2 is 2.00 bits per heavy atom. The summed E-state index contributed by atoms with van der Waals surface area (Å²) in [5.41, 5.74) is 3.92. The highest BCUT2D eigenvalue weighted by molar-refractivity contribution is 5.66. The molecule has 2 aromatic rings. The Balaban J connectivity index is 2.08. The quantitative estimate of drug-likeness (QED) is 0.762. The molecule has 0 radical (unpaired) electrons. The zero-order valence-corrected chi connectivity index (χ0v) is 9.56. The number of benzene rings is 1. The van der Waals surface area contributed by atoms with Gasteiger partial charge in [0.25, 0.3) is 0 Å². The van der Waals surface area contributed by atoms with Gasteiger partial charge in [0.1, 0.15) is 0 Å². The van der Waals surface area contributed by atoms with Crippen LogP contribution in [0.25, 0.3) is 11.1 Å². The lowest BCUT2D eigenvalue weighted by Gasteiger charge is -1.99. The molecule has 1 aliphatic rings. The molecular formula is C14H16N2. The molecule has 0 unspecified atom stereocenters. The normalized spacial score (nSPS) is 15.3. The first-order valence-corrected chi connectivity index (χ1v) is 6.01. The average molecular weight is 212 g/mol. The van der Waals surface area contributed by atoms with E-state index in [2.05, 4.69) is 53.2 Å². The van der Waals surface area contributed by atoms with Crippen LogP contribution in [-0.4, -0.2) is 9.78 Å². The van der Waals surface area contributed by atoms with E-state index in [4.69, 9.17) is 0 Å². The molecular weight excluding hydrogens is 196 g/mol. The minimum Gasteiger partial charge on any atom is -0.272 e. The van der Waals surface area contributed by atoms with Crippen LogP contribution in [0.15, 0.2) is 36.5 Å². The largest absolute Gasteiger partial charge is 0.272 e. The van der Waals surface area contributed by atoms with Crippen molar-refractivity contribution in [1.29, 1.82) is 0 Å². The fourth-order valence-corrected chi connectivity index (χ4v) is 2.10. The SMILES string of the molecule is CCn1cc(-c2ccccc2)c(C2CC2)n1. The Kier molecular flexibility index (Phi) is 2.28. The van der Waals surface area contributed by atoms with Gasteiger partial charge in [-0.1, -0.05) is 30.3 Å². The molecule has 2 nitrogen and oxygen atoms in total. The molecule has 0 amide bonds. The molecule has 0 aliphatic heterocycles. The first-order chi connectivity index (χ1) is 7.88. The monoisotopic (exact) mass is 212 g/mol. The Morgan fingerprint density at radius 3 is 2.62 bits per heavy atom. The molecule has 82 valence electrons. The lowest BCUT2D eigenvalue weighted by Crippen LogP contribution is -1.94. The van der Waals surface area contributed by atoms with Crippen LogP contribution >= 0.6 is 0 Å². The van der Waals surface area contributed by atoms with E-state index in [0.717, 1.165) is 6.54 Å². The second-order valence-corrected chi connectivity index (χ2v) is 4.42. The van der Waals surface area contributed by atoms with E-state index in [1.54, 1.807) is 0 Å². The molecule has 0 saturated heterocycles. The minimum atomic E-state index is 0.711. The smallest absolute Gasteiger partial charge is 0.0733 e. The number of aryl methyl sites for hydroxylation is 1. The maximum atomic E-state index is 4.68. The maximum absolute atomic E-state index is 4.68. The minimum absolute atomic E-state index is 0.711. The van der Waals surface area contributed by atoms with E-state index in [1.165, 1.54) is 29.7 Å². The van der Waals surface area contributed by atoms with Crippen LogP contribution in [0, 0.1) is 0 Å². The van der Waals surface area contributed by atoms with Crippen LogP contribution in [0.5, 0.6) is 0 Å². The molecule has 16 heavy (non-hydrogen) atoms. The van der Waals surface area contributed by atoms with Gasteiger partial charge in [-0.15, -0.1) is 0 Å². The van der Waals surface area contributed by atoms with E-state index in [0.29, 0.717) is 5.92 Å². The predicted molar refractivity (Wildman–Crippen MR) is 65.3 cm³/mol. The summed E-state index contributed by atoms with van der Waals surface area (Å²) in [5, 5.41) is 4.68. The van der Waals surface area contributed by atoms with Gasteiger partial charge in [0, 0.05) is 24.2 Å². The summed E-state index contributed by atoms with van der Waals surface area (Å²) in [6.45, 7) is 3.09. The van der Waals surface area contributed by atoms with Crippen LogP contribution < -0.4 is 0 Å². The van der Waals surface area contributed by atoms with Gasteiger partial charge in [0.05, 0.1) is 5.69 Å². The zero-order valence-electron chi connectivity index (χ0n) is 9.56. The fraction of sp³-hybridized carbons (Fsp3) is 0.357. The molecule has 2 heteroatoms. The zero-order chi connectivity index (χ0) is 11.0. The summed E-state index contributed by atoms with van der Waals surface area (Å²) in [4.78, 5) is 0. The first kappa shape index (κ1) is 9.64. The van der Waals surface area contributed by atoms with Crippen LogP contribution in [0.2, 0.25) is 0 Å². The summed E-state index contributed by atoms with van der Waals surface area (Å²) >= 11 is 0. The van der Waals surface area contributed by atoms with E-state index >= 15 is 0 Å².